The van der Waals surface area contributed by atoms with Crippen LogP contribution in [0.1, 0.15) is 5.56 Å². The average molecular weight is 220 g/mol. The predicted molar refractivity (Wildman–Crippen MR) is 71.1 cm³/mol. The van der Waals surface area contributed by atoms with E-state index in [1.165, 1.54) is 5.56 Å². The minimum Gasteiger partial charge on any atom is -0.361 e. The fourth-order valence-electron chi connectivity index (χ4n) is 1.96. The Morgan fingerprint density at radius 3 is 2.94 bits per heavy atom. The maximum absolute atomic E-state index is 4.37. The van der Waals surface area contributed by atoms with E-state index in [2.05, 4.69) is 28.5 Å². The highest BCUT2D eigenvalue weighted by atomic mass is 14.8. The van der Waals surface area contributed by atoms with Gasteiger partial charge in [0.25, 0.3) is 0 Å². The molecule has 1 N–H and O–H groups in total. The molecule has 2 aromatic rings. The van der Waals surface area contributed by atoms with E-state index in [9.17, 15) is 0 Å². The molecule has 1 aromatic heterocycles. The van der Waals surface area contributed by atoms with Crippen LogP contribution in [0.25, 0.3) is 16.6 Å². The van der Waals surface area contributed by atoms with E-state index in [0.717, 1.165) is 16.6 Å². The van der Waals surface area contributed by atoms with Crippen LogP contribution in [0, 0.1) is 0 Å². The van der Waals surface area contributed by atoms with Crippen molar-refractivity contribution in [2.24, 2.45) is 0 Å². The van der Waals surface area contributed by atoms with Gasteiger partial charge in [0.1, 0.15) is 0 Å². The summed E-state index contributed by atoms with van der Waals surface area (Å²) in [4.78, 5) is 4.37. The molecule has 0 bridgehead atoms. The van der Waals surface area contributed by atoms with Crippen LogP contribution in [-0.4, -0.2) is 4.98 Å². The zero-order valence-electron chi connectivity index (χ0n) is 9.30. The molecule has 0 fully saturated rings. The molecule has 2 heterocycles. The highest BCUT2D eigenvalue weighted by Gasteiger charge is 2.05. The lowest BCUT2D eigenvalue weighted by atomic mass is 10.1. The zero-order chi connectivity index (χ0) is 11.5. The van der Waals surface area contributed by atoms with Gasteiger partial charge in [0.05, 0.1) is 5.52 Å². The Balaban J connectivity index is 2.20. The van der Waals surface area contributed by atoms with E-state index in [0.29, 0.717) is 0 Å². The van der Waals surface area contributed by atoms with E-state index in [-0.39, 0.29) is 0 Å². The van der Waals surface area contributed by atoms with E-state index >= 15 is 0 Å². The summed E-state index contributed by atoms with van der Waals surface area (Å²) >= 11 is 0. The molecule has 2 nitrogen and oxygen atoms in total. The molecule has 17 heavy (non-hydrogen) atoms. The Hall–Kier alpha value is -2.35. The molecule has 1 aromatic carbocycles. The highest BCUT2D eigenvalue weighted by Crippen LogP contribution is 2.22. The molecule has 0 unspecified atom stereocenters. The Labute approximate surface area is 100.0 Å². The van der Waals surface area contributed by atoms with Crippen molar-refractivity contribution in [3.05, 3.63) is 72.6 Å². The lowest BCUT2D eigenvalue weighted by molar-refractivity contribution is 1.23. The maximum atomic E-state index is 4.37. The van der Waals surface area contributed by atoms with Crippen LogP contribution in [-0.2, 0) is 0 Å². The maximum Gasteiger partial charge on any atom is 0.0708 e. The van der Waals surface area contributed by atoms with Crippen LogP contribution in [0.15, 0.2) is 67.0 Å². The first-order valence-electron chi connectivity index (χ1n) is 5.59. The number of nitrogens with one attached hydrogen (secondary N) is 1. The minimum atomic E-state index is 1.02. The number of pyridine rings is 1. The van der Waals surface area contributed by atoms with Gasteiger partial charge in [-0.2, -0.15) is 0 Å². The summed E-state index contributed by atoms with van der Waals surface area (Å²) in [5.41, 5.74) is 3.28. The quantitative estimate of drug-likeness (QED) is 0.798. The zero-order valence-corrected chi connectivity index (χ0v) is 9.30. The van der Waals surface area contributed by atoms with E-state index in [1.54, 1.807) is 0 Å². The first kappa shape index (κ1) is 9.85. The standard InChI is InChI=1S/C15H12N2/c1-2-8-14(16-10-3-1)12-6-4-9-15-13(12)7-5-11-17-15/h1-11,16H. The summed E-state index contributed by atoms with van der Waals surface area (Å²) in [6.45, 7) is 0. The molecule has 0 radical (unpaired) electrons. The Kier molecular flexibility index (Phi) is 2.47. The first-order valence-corrected chi connectivity index (χ1v) is 5.59. The van der Waals surface area contributed by atoms with Crippen molar-refractivity contribution in [2.45, 2.75) is 0 Å². The third-order valence-electron chi connectivity index (χ3n) is 2.76. The summed E-state index contributed by atoms with van der Waals surface area (Å²) in [7, 11) is 0. The van der Waals surface area contributed by atoms with E-state index in [4.69, 9.17) is 0 Å². The van der Waals surface area contributed by atoms with Crippen LogP contribution >= 0.6 is 0 Å². The van der Waals surface area contributed by atoms with Crippen molar-refractivity contribution in [3.8, 4) is 0 Å². The third-order valence-corrected chi connectivity index (χ3v) is 2.76. The SMILES string of the molecule is C1=CC=C(c2cccc3ncccc23)NC=C1. The second kappa shape index (κ2) is 4.26. The number of nitrogens with zero attached hydrogens (tertiary/aromatic N) is 1. The smallest absolute Gasteiger partial charge is 0.0708 e. The van der Waals surface area contributed by atoms with Crippen molar-refractivity contribution < 1.29 is 0 Å². The third kappa shape index (κ3) is 1.85. The lowest BCUT2D eigenvalue weighted by Crippen LogP contribution is -2.03. The molecule has 3 rings (SSSR count). The van der Waals surface area contributed by atoms with Crippen LogP contribution in [0.5, 0.6) is 0 Å². The lowest BCUT2D eigenvalue weighted by Gasteiger charge is -2.09. The molecule has 0 saturated carbocycles. The van der Waals surface area contributed by atoms with Gasteiger partial charge < -0.3 is 5.32 Å². The number of hydrogen-bond donors (Lipinski definition) is 1. The van der Waals surface area contributed by atoms with Gasteiger partial charge in [0.2, 0.25) is 0 Å². The molecule has 0 amide bonds. The summed E-state index contributed by atoms with van der Waals surface area (Å²) < 4.78 is 0. The molecule has 1 aliphatic heterocycles. The van der Waals surface area contributed by atoms with Gasteiger partial charge in [-0.15, -0.1) is 0 Å². The molecule has 0 saturated heterocycles. The first-order chi connectivity index (χ1) is 8.45. The second-order valence-electron chi connectivity index (χ2n) is 3.84. The largest absolute Gasteiger partial charge is 0.361 e. The average Bonchev–Trinajstić information content (AvgIpc) is 2.67. The van der Waals surface area contributed by atoms with Crippen LogP contribution < -0.4 is 5.32 Å². The van der Waals surface area contributed by atoms with Gasteiger partial charge in [0, 0.05) is 29.0 Å². The van der Waals surface area contributed by atoms with Gasteiger partial charge in [0.15, 0.2) is 0 Å². The topological polar surface area (TPSA) is 24.9 Å². The van der Waals surface area contributed by atoms with Gasteiger partial charge in [-0.1, -0.05) is 30.4 Å². The number of benzene rings is 1. The molecule has 2 heteroatoms. The summed E-state index contributed by atoms with van der Waals surface area (Å²) in [5, 5.41) is 4.44. The number of allylic oxidation sites excluding steroid dienone is 4. The molecular weight excluding hydrogens is 208 g/mol. The van der Waals surface area contributed by atoms with Crippen molar-refractivity contribution in [1.82, 2.24) is 10.3 Å². The molecule has 0 aliphatic carbocycles. The molecule has 0 atom stereocenters. The summed E-state index contributed by atoms with van der Waals surface area (Å²) in [6.07, 6.45) is 11.8. The fourth-order valence-corrected chi connectivity index (χ4v) is 1.96. The van der Waals surface area contributed by atoms with Crippen LogP contribution in [0.2, 0.25) is 0 Å². The molecule has 0 spiro atoms. The molecular formula is C15H12N2. The number of rotatable bonds is 1. The molecule has 1 aliphatic rings. The van der Waals surface area contributed by atoms with E-state index in [1.807, 2.05) is 48.8 Å². The Bertz CT molecular complexity index is 631. The van der Waals surface area contributed by atoms with Crippen molar-refractivity contribution >= 4 is 16.6 Å². The van der Waals surface area contributed by atoms with Gasteiger partial charge in [-0.3, -0.25) is 4.98 Å². The van der Waals surface area contributed by atoms with E-state index < -0.39 is 0 Å². The number of hydrogen-bond acceptors (Lipinski definition) is 2. The fraction of sp³-hybridized carbons (Fsp3) is 0. The Morgan fingerprint density at radius 1 is 0.941 bits per heavy atom. The van der Waals surface area contributed by atoms with Crippen molar-refractivity contribution in [1.29, 1.82) is 0 Å². The normalized spacial score (nSPS) is 14.2. The van der Waals surface area contributed by atoms with Gasteiger partial charge >= 0.3 is 0 Å². The summed E-state index contributed by atoms with van der Waals surface area (Å²) in [6, 6.07) is 10.2. The highest BCUT2D eigenvalue weighted by molar-refractivity contribution is 5.91. The Morgan fingerprint density at radius 2 is 1.94 bits per heavy atom. The minimum absolute atomic E-state index is 1.02. The van der Waals surface area contributed by atoms with Crippen molar-refractivity contribution in [3.63, 3.8) is 0 Å². The van der Waals surface area contributed by atoms with Crippen LogP contribution in [0.3, 0.4) is 0 Å². The van der Waals surface area contributed by atoms with Gasteiger partial charge in [-0.25, -0.2) is 0 Å². The number of aromatic nitrogens is 1. The monoisotopic (exact) mass is 220 g/mol. The van der Waals surface area contributed by atoms with Crippen molar-refractivity contribution in [2.75, 3.05) is 0 Å². The second-order valence-corrected chi connectivity index (χ2v) is 3.84. The molecule has 82 valence electrons. The number of fused-ring (bicyclic) bond motifs is 1. The van der Waals surface area contributed by atoms with Gasteiger partial charge in [-0.05, 0) is 24.3 Å². The summed E-state index contributed by atoms with van der Waals surface area (Å²) in [5.74, 6) is 0. The van der Waals surface area contributed by atoms with Crippen LogP contribution in [0.4, 0.5) is 0 Å². The predicted octanol–water partition coefficient (Wildman–Crippen LogP) is 3.25.